The number of rotatable bonds is 5. The highest BCUT2D eigenvalue weighted by atomic mass is 32.1. The van der Waals surface area contributed by atoms with Crippen LogP contribution in [0.15, 0.2) is 23.6 Å². The molecule has 1 heterocycles. The Balaban J connectivity index is 2.28. The van der Waals surface area contributed by atoms with Crippen molar-refractivity contribution in [1.82, 2.24) is 10.4 Å². The molecule has 1 atom stereocenters. The summed E-state index contributed by atoms with van der Waals surface area (Å²) in [6, 6.07) is 4.15. The van der Waals surface area contributed by atoms with E-state index in [0.717, 1.165) is 10.7 Å². The number of nitrogens with two attached hydrogens (primary N) is 1. The summed E-state index contributed by atoms with van der Waals surface area (Å²) >= 11 is 1.58. The molecule has 1 aromatic carbocycles. The molecule has 0 saturated carbocycles. The molecule has 0 radical (unpaired) electrons. The van der Waals surface area contributed by atoms with Gasteiger partial charge >= 0.3 is 0 Å². The van der Waals surface area contributed by atoms with Gasteiger partial charge < -0.3 is 4.74 Å². The number of nitrogens with zero attached hydrogens (tertiary/aromatic N) is 1. The Bertz CT molecular complexity index is 559. The molecule has 0 bridgehead atoms. The number of halogens is 1. The van der Waals surface area contributed by atoms with E-state index < -0.39 is 0 Å². The maximum atomic E-state index is 13.4. The number of hydrogen-bond acceptors (Lipinski definition) is 5. The van der Waals surface area contributed by atoms with Crippen LogP contribution in [0.3, 0.4) is 0 Å². The molecule has 3 N–H and O–H groups in total. The van der Waals surface area contributed by atoms with Gasteiger partial charge in [0.2, 0.25) is 0 Å². The summed E-state index contributed by atoms with van der Waals surface area (Å²) in [6.07, 6.45) is 0.584. The lowest BCUT2D eigenvalue weighted by atomic mass is 10.0. The van der Waals surface area contributed by atoms with Gasteiger partial charge in [0.05, 0.1) is 23.9 Å². The van der Waals surface area contributed by atoms with Crippen LogP contribution in [-0.2, 0) is 6.42 Å². The first kappa shape index (κ1) is 13.9. The van der Waals surface area contributed by atoms with E-state index in [-0.39, 0.29) is 11.9 Å². The standard InChI is InChI=1S/C13H16FN3OS/c1-8-16-10(7-19-8)6-12(17-15)11-5-9(14)3-4-13(11)18-2/h3-5,7,12,17H,6,15H2,1-2H3. The third kappa shape index (κ3) is 3.28. The number of nitrogens with one attached hydrogen (secondary N) is 1. The smallest absolute Gasteiger partial charge is 0.123 e. The molecule has 2 rings (SSSR count). The first-order valence-corrected chi connectivity index (χ1v) is 6.72. The van der Waals surface area contributed by atoms with Crippen molar-refractivity contribution in [3.63, 3.8) is 0 Å². The molecule has 0 spiro atoms. The summed E-state index contributed by atoms with van der Waals surface area (Å²) in [5, 5.41) is 2.97. The van der Waals surface area contributed by atoms with Gasteiger partial charge in [-0.1, -0.05) is 0 Å². The normalized spacial score (nSPS) is 12.4. The number of benzene rings is 1. The molecule has 1 aromatic heterocycles. The first-order valence-electron chi connectivity index (χ1n) is 5.84. The Kier molecular flexibility index (Phi) is 4.47. The van der Waals surface area contributed by atoms with Gasteiger partial charge in [0, 0.05) is 17.4 Å². The van der Waals surface area contributed by atoms with Crippen LogP contribution in [0.25, 0.3) is 0 Å². The van der Waals surface area contributed by atoms with Crippen molar-refractivity contribution in [2.45, 2.75) is 19.4 Å². The maximum Gasteiger partial charge on any atom is 0.123 e. The molecule has 0 aliphatic carbocycles. The van der Waals surface area contributed by atoms with E-state index in [1.807, 2.05) is 12.3 Å². The Hall–Kier alpha value is -1.50. The van der Waals surface area contributed by atoms with E-state index in [1.165, 1.54) is 12.1 Å². The number of methoxy groups -OCH3 is 1. The summed E-state index contributed by atoms with van der Waals surface area (Å²) in [6.45, 7) is 1.95. The highest BCUT2D eigenvalue weighted by molar-refractivity contribution is 7.09. The van der Waals surface area contributed by atoms with Crippen molar-refractivity contribution in [3.8, 4) is 5.75 Å². The highest BCUT2D eigenvalue weighted by Gasteiger charge is 2.17. The number of thiazole rings is 1. The van der Waals surface area contributed by atoms with Crippen molar-refractivity contribution in [3.05, 3.63) is 45.7 Å². The van der Waals surface area contributed by atoms with Crippen LogP contribution in [0.2, 0.25) is 0 Å². The maximum absolute atomic E-state index is 13.4. The number of ether oxygens (including phenoxy) is 1. The van der Waals surface area contributed by atoms with E-state index in [0.29, 0.717) is 17.7 Å². The molecule has 6 heteroatoms. The van der Waals surface area contributed by atoms with Crippen LogP contribution in [0.5, 0.6) is 5.75 Å². The minimum absolute atomic E-state index is 0.243. The van der Waals surface area contributed by atoms with E-state index >= 15 is 0 Å². The molecule has 0 fully saturated rings. The lowest BCUT2D eigenvalue weighted by Crippen LogP contribution is -2.30. The molecule has 102 valence electrons. The zero-order valence-electron chi connectivity index (χ0n) is 10.8. The van der Waals surface area contributed by atoms with Gasteiger partial charge in [0.25, 0.3) is 0 Å². The van der Waals surface area contributed by atoms with Gasteiger partial charge in [-0.3, -0.25) is 11.3 Å². The molecule has 0 aliphatic rings. The number of hydrazine groups is 1. The first-order chi connectivity index (χ1) is 9.13. The van der Waals surface area contributed by atoms with Crippen LogP contribution < -0.4 is 16.0 Å². The molecular formula is C13H16FN3OS. The predicted octanol–water partition coefficient (Wildman–Crippen LogP) is 2.35. The second kappa shape index (κ2) is 6.10. The Labute approximate surface area is 115 Å². The summed E-state index contributed by atoms with van der Waals surface area (Å²) in [5.74, 6) is 5.87. The van der Waals surface area contributed by atoms with Crippen LogP contribution in [0.1, 0.15) is 22.3 Å². The Morgan fingerprint density at radius 3 is 2.89 bits per heavy atom. The van der Waals surface area contributed by atoms with Crippen LogP contribution in [0, 0.1) is 12.7 Å². The zero-order valence-corrected chi connectivity index (χ0v) is 11.6. The topological polar surface area (TPSA) is 60.2 Å². The Morgan fingerprint density at radius 2 is 2.32 bits per heavy atom. The number of aromatic nitrogens is 1. The molecule has 1 unspecified atom stereocenters. The fourth-order valence-electron chi connectivity index (χ4n) is 1.95. The van der Waals surface area contributed by atoms with Gasteiger partial charge in [0.1, 0.15) is 11.6 Å². The fourth-order valence-corrected chi connectivity index (χ4v) is 2.57. The van der Waals surface area contributed by atoms with Gasteiger partial charge in [0.15, 0.2) is 0 Å². The van der Waals surface area contributed by atoms with E-state index in [9.17, 15) is 4.39 Å². The number of aryl methyl sites for hydroxylation is 1. The van der Waals surface area contributed by atoms with Gasteiger partial charge in [-0.05, 0) is 25.1 Å². The molecule has 0 aliphatic heterocycles. The van der Waals surface area contributed by atoms with Crippen molar-refractivity contribution in [2.75, 3.05) is 7.11 Å². The van der Waals surface area contributed by atoms with E-state index in [4.69, 9.17) is 10.6 Å². The van der Waals surface area contributed by atoms with Crippen LogP contribution in [-0.4, -0.2) is 12.1 Å². The number of hydrogen-bond donors (Lipinski definition) is 2. The van der Waals surface area contributed by atoms with Gasteiger partial charge in [-0.15, -0.1) is 11.3 Å². The monoisotopic (exact) mass is 281 g/mol. The van der Waals surface area contributed by atoms with Gasteiger partial charge in [-0.25, -0.2) is 9.37 Å². The highest BCUT2D eigenvalue weighted by Crippen LogP contribution is 2.28. The largest absolute Gasteiger partial charge is 0.496 e. The summed E-state index contributed by atoms with van der Waals surface area (Å²) in [7, 11) is 1.55. The van der Waals surface area contributed by atoms with Crippen molar-refractivity contribution in [2.24, 2.45) is 5.84 Å². The molecule has 4 nitrogen and oxygen atoms in total. The van der Waals surface area contributed by atoms with Crippen LogP contribution in [0.4, 0.5) is 4.39 Å². The summed E-state index contributed by atoms with van der Waals surface area (Å²) < 4.78 is 18.6. The minimum atomic E-state index is -0.314. The molecule has 2 aromatic rings. The average molecular weight is 281 g/mol. The van der Waals surface area contributed by atoms with Gasteiger partial charge in [-0.2, -0.15) is 0 Å². The quantitative estimate of drug-likeness (QED) is 0.652. The second-order valence-electron chi connectivity index (χ2n) is 4.17. The second-order valence-corrected chi connectivity index (χ2v) is 5.23. The minimum Gasteiger partial charge on any atom is -0.496 e. The SMILES string of the molecule is COc1ccc(F)cc1C(Cc1csc(C)n1)NN. The average Bonchev–Trinajstić information content (AvgIpc) is 2.81. The Morgan fingerprint density at radius 1 is 1.53 bits per heavy atom. The van der Waals surface area contributed by atoms with Crippen molar-refractivity contribution < 1.29 is 9.13 Å². The lowest BCUT2D eigenvalue weighted by Gasteiger charge is -2.18. The molecule has 0 amide bonds. The fraction of sp³-hybridized carbons (Fsp3) is 0.308. The molecule has 19 heavy (non-hydrogen) atoms. The van der Waals surface area contributed by atoms with Crippen molar-refractivity contribution >= 4 is 11.3 Å². The summed E-state index contributed by atoms with van der Waals surface area (Å²) in [4.78, 5) is 4.39. The summed E-state index contributed by atoms with van der Waals surface area (Å²) in [5.41, 5.74) is 4.31. The third-order valence-electron chi connectivity index (χ3n) is 2.85. The molecule has 0 saturated heterocycles. The third-order valence-corrected chi connectivity index (χ3v) is 3.67. The molecular weight excluding hydrogens is 265 g/mol. The zero-order chi connectivity index (χ0) is 13.8. The van der Waals surface area contributed by atoms with Crippen LogP contribution >= 0.6 is 11.3 Å². The lowest BCUT2D eigenvalue weighted by molar-refractivity contribution is 0.397. The van der Waals surface area contributed by atoms with E-state index in [1.54, 1.807) is 24.5 Å². The van der Waals surface area contributed by atoms with E-state index in [2.05, 4.69) is 10.4 Å². The van der Waals surface area contributed by atoms with Crippen molar-refractivity contribution in [1.29, 1.82) is 0 Å². The predicted molar refractivity (Wildman–Crippen MR) is 73.6 cm³/mol.